The van der Waals surface area contributed by atoms with Crippen LogP contribution in [0.5, 0.6) is 0 Å². The molecule has 82 valence electrons. The summed E-state index contributed by atoms with van der Waals surface area (Å²) in [6.45, 7) is 0.914. The summed E-state index contributed by atoms with van der Waals surface area (Å²) in [5, 5.41) is 11.5. The van der Waals surface area contributed by atoms with Crippen LogP contribution < -0.4 is 11.1 Å². The molecule has 0 atom stereocenters. The summed E-state index contributed by atoms with van der Waals surface area (Å²) in [7, 11) is 0. The van der Waals surface area contributed by atoms with Gasteiger partial charge in [0.2, 0.25) is 5.91 Å². The van der Waals surface area contributed by atoms with Gasteiger partial charge in [0.15, 0.2) is 0 Å². The van der Waals surface area contributed by atoms with Crippen molar-refractivity contribution in [3.63, 3.8) is 0 Å². The fourth-order valence-corrected chi connectivity index (χ4v) is 0.827. The summed E-state index contributed by atoms with van der Waals surface area (Å²) in [5.41, 5.74) is 5.18. The highest BCUT2D eigenvalue weighted by Gasteiger charge is 2.00. The van der Waals surface area contributed by atoms with E-state index >= 15 is 0 Å². The molecule has 14 heavy (non-hydrogen) atoms. The van der Waals surface area contributed by atoms with E-state index in [0.717, 1.165) is 0 Å². The predicted octanol–water partition coefficient (Wildman–Crippen LogP) is -0.560. The van der Waals surface area contributed by atoms with Crippen LogP contribution in [0.3, 0.4) is 0 Å². The van der Waals surface area contributed by atoms with Gasteiger partial charge in [-0.25, -0.2) is 0 Å². The summed E-state index contributed by atoms with van der Waals surface area (Å²) in [5.74, 6) is -0.0865. The van der Waals surface area contributed by atoms with Crippen molar-refractivity contribution < 1.29 is 14.7 Å². The molecule has 0 heterocycles. The van der Waals surface area contributed by atoms with Crippen LogP contribution in [-0.4, -0.2) is 30.7 Å². The van der Waals surface area contributed by atoms with Crippen molar-refractivity contribution in [2.24, 2.45) is 5.73 Å². The number of amides is 1. The second-order valence-corrected chi connectivity index (χ2v) is 2.65. The fourth-order valence-electron chi connectivity index (χ4n) is 0.827. The molecule has 0 saturated carbocycles. The maximum absolute atomic E-state index is 11.0. The zero-order valence-corrected chi connectivity index (χ0v) is 7.90. The molecule has 0 aromatic heterocycles. The third kappa shape index (κ3) is 8.72. The number of carbonyl (C=O) groups is 1. The molecule has 1 amide bonds. The third-order valence-electron chi connectivity index (χ3n) is 1.46. The van der Waals surface area contributed by atoms with Crippen molar-refractivity contribution in [3.05, 3.63) is 10.1 Å². The van der Waals surface area contributed by atoms with Gasteiger partial charge in [-0.05, 0) is 12.8 Å². The quantitative estimate of drug-likeness (QED) is 0.314. The minimum atomic E-state index is -0.839. The molecule has 7 nitrogen and oxygen atoms in total. The molecule has 0 aliphatic carbocycles. The molecule has 0 aromatic rings. The number of hydrogen-bond donors (Lipinski definition) is 2. The number of carbonyl (C=O) groups excluding carboxylic acids is 1. The van der Waals surface area contributed by atoms with Gasteiger partial charge in [-0.1, -0.05) is 0 Å². The molecular formula is C7H15N3O4. The van der Waals surface area contributed by atoms with Crippen LogP contribution in [0.4, 0.5) is 0 Å². The number of unbranched alkanes of at least 4 members (excludes halogenated alkanes) is 1. The highest BCUT2D eigenvalue weighted by atomic mass is 16.9. The average molecular weight is 205 g/mol. The van der Waals surface area contributed by atoms with E-state index < -0.39 is 5.09 Å². The zero-order chi connectivity index (χ0) is 10.8. The fraction of sp³-hybridized carbons (Fsp3) is 0.857. The SMILES string of the molecule is NCCNC(=O)CCCCO[N+](=O)[O-]. The van der Waals surface area contributed by atoms with Crippen molar-refractivity contribution in [1.82, 2.24) is 5.32 Å². The largest absolute Gasteiger partial charge is 0.355 e. The van der Waals surface area contributed by atoms with E-state index in [4.69, 9.17) is 5.73 Å². The molecule has 0 aliphatic rings. The van der Waals surface area contributed by atoms with Gasteiger partial charge in [0.1, 0.15) is 0 Å². The first-order valence-electron chi connectivity index (χ1n) is 4.41. The summed E-state index contributed by atoms with van der Waals surface area (Å²) >= 11 is 0. The van der Waals surface area contributed by atoms with E-state index in [-0.39, 0.29) is 12.5 Å². The lowest BCUT2D eigenvalue weighted by Crippen LogP contribution is -2.28. The van der Waals surface area contributed by atoms with Gasteiger partial charge in [-0.15, -0.1) is 10.1 Å². The van der Waals surface area contributed by atoms with Gasteiger partial charge in [-0.2, -0.15) is 0 Å². The molecule has 0 unspecified atom stereocenters. The first-order valence-corrected chi connectivity index (χ1v) is 4.41. The lowest BCUT2D eigenvalue weighted by atomic mass is 10.2. The van der Waals surface area contributed by atoms with Gasteiger partial charge in [0.05, 0.1) is 6.61 Å². The molecule has 3 N–H and O–H groups in total. The van der Waals surface area contributed by atoms with Crippen LogP contribution >= 0.6 is 0 Å². The van der Waals surface area contributed by atoms with Crippen LogP contribution in [0.2, 0.25) is 0 Å². The molecular weight excluding hydrogens is 190 g/mol. The minimum Gasteiger partial charge on any atom is -0.355 e. The Hall–Kier alpha value is -1.37. The maximum Gasteiger partial charge on any atom is 0.294 e. The number of nitrogens with zero attached hydrogens (tertiary/aromatic N) is 1. The minimum absolute atomic E-state index is 0.0389. The molecule has 0 rings (SSSR count). The Morgan fingerprint density at radius 2 is 2.21 bits per heavy atom. The Morgan fingerprint density at radius 1 is 1.50 bits per heavy atom. The van der Waals surface area contributed by atoms with Gasteiger partial charge in [0.25, 0.3) is 5.09 Å². The first kappa shape index (κ1) is 12.6. The number of hydrogen-bond acceptors (Lipinski definition) is 5. The van der Waals surface area contributed by atoms with E-state index in [9.17, 15) is 14.9 Å². The van der Waals surface area contributed by atoms with Gasteiger partial charge in [-0.3, -0.25) is 4.79 Å². The first-order chi connectivity index (χ1) is 6.66. The molecule has 0 aromatic carbocycles. The van der Waals surface area contributed by atoms with Crippen molar-refractivity contribution in [3.8, 4) is 0 Å². The van der Waals surface area contributed by atoms with E-state index in [1.54, 1.807) is 0 Å². The summed E-state index contributed by atoms with van der Waals surface area (Å²) in [6.07, 6.45) is 1.42. The van der Waals surface area contributed by atoms with Crippen LogP contribution in [-0.2, 0) is 9.63 Å². The average Bonchev–Trinajstić information content (AvgIpc) is 2.13. The molecule has 0 aliphatic heterocycles. The molecule has 0 saturated heterocycles. The molecule has 7 heteroatoms. The van der Waals surface area contributed by atoms with Gasteiger partial charge in [0, 0.05) is 19.5 Å². The van der Waals surface area contributed by atoms with Gasteiger partial charge >= 0.3 is 0 Å². The smallest absolute Gasteiger partial charge is 0.294 e. The summed E-state index contributed by atoms with van der Waals surface area (Å²) in [6, 6.07) is 0. The van der Waals surface area contributed by atoms with E-state index in [0.29, 0.717) is 32.4 Å². The number of nitrogens with two attached hydrogens (primary N) is 1. The Labute approximate surface area is 81.7 Å². The molecule has 0 spiro atoms. The highest BCUT2D eigenvalue weighted by Crippen LogP contribution is 1.95. The number of rotatable bonds is 8. The lowest BCUT2D eigenvalue weighted by Gasteiger charge is -2.02. The zero-order valence-electron chi connectivity index (χ0n) is 7.90. The molecule has 0 fully saturated rings. The lowest BCUT2D eigenvalue weighted by molar-refractivity contribution is -0.757. The maximum atomic E-state index is 11.0. The van der Waals surface area contributed by atoms with Crippen molar-refractivity contribution >= 4 is 5.91 Å². The second kappa shape index (κ2) is 8.24. The molecule has 0 bridgehead atoms. The Morgan fingerprint density at radius 3 is 2.79 bits per heavy atom. The normalized spacial score (nSPS) is 9.50. The van der Waals surface area contributed by atoms with Crippen LogP contribution in [0, 0.1) is 10.1 Å². The van der Waals surface area contributed by atoms with Crippen LogP contribution in [0.25, 0.3) is 0 Å². The topological polar surface area (TPSA) is 107 Å². The third-order valence-corrected chi connectivity index (χ3v) is 1.46. The Balaban J connectivity index is 3.19. The Bertz CT molecular complexity index is 186. The van der Waals surface area contributed by atoms with Crippen LogP contribution in [0.1, 0.15) is 19.3 Å². The predicted molar refractivity (Wildman–Crippen MR) is 48.9 cm³/mol. The van der Waals surface area contributed by atoms with E-state index in [1.807, 2.05) is 0 Å². The second-order valence-electron chi connectivity index (χ2n) is 2.65. The number of nitrogens with one attached hydrogen (secondary N) is 1. The standard InChI is InChI=1S/C7H15N3O4/c8-4-5-9-7(11)3-1-2-6-14-10(12)13/h1-6,8H2,(H,9,11). The Kier molecular flexibility index (Phi) is 7.43. The van der Waals surface area contributed by atoms with Crippen molar-refractivity contribution in [2.75, 3.05) is 19.7 Å². The molecule has 0 radical (unpaired) electrons. The van der Waals surface area contributed by atoms with Crippen LogP contribution in [0.15, 0.2) is 0 Å². The highest BCUT2D eigenvalue weighted by molar-refractivity contribution is 5.75. The monoisotopic (exact) mass is 205 g/mol. The van der Waals surface area contributed by atoms with Gasteiger partial charge < -0.3 is 15.9 Å². The summed E-state index contributed by atoms with van der Waals surface area (Å²) < 4.78 is 0. The van der Waals surface area contributed by atoms with Crippen molar-refractivity contribution in [1.29, 1.82) is 0 Å². The van der Waals surface area contributed by atoms with E-state index in [2.05, 4.69) is 10.2 Å². The van der Waals surface area contributed by atoms with Crippen molar-refractivity contribution in [2.45, 2.75) is 19.3 Å². The summed E-state index contributed by atoms with van der Waals surface area (Å²) in [4.78, 5) is 24.8. The van der Waals surface area contributed by atoms with E-state index in [1.165, 1.54) is 0 Å².